The van der Waals surface area contributed by atoms with Gasteiger partial charge in [-0.2, -0.15) is 31.4 Å². The minimum atomic E-state index is -5.10. The van der Waals surface area contributed by atoms with Gasteiger partial charge in [-0.15, -0.1) is 11.3 Å². The van der Waals surface area contributed by atoms with Crippen LogP contribution in [0.3, 0.4) is 0 Å². The topological polar surface area (TPSA) is 102 Å². The fraction of sp³-hybridized carbons (Fsp3) is 0.440. The van der Waals surface area contributed by atoms with E-state index < -0.39 is 42.5 Å². The van der Waals surface area contributed by atoms with Crippen molar-refractivity contribution < 1.29 is 45.8 Å². The Morgan fingerprint density at radius 2 is 1.85 bits per heavy atom. The lowest BCUT2D eigenvalue weighted by Crippen LogP contribution is -2.40. The minimum absolute atomic E-state index is 0.0274. The van der Waals surface area contributed by atoms with Gasteiger partial charge < -0.3 is 19.6 Å². The Hall–Kier alpha value is -3.50. The second kappa shape index (κ2) is 11.4. The largest absolute Gasteiger partial charge is 0.435 e. The summed E-state index contributed by atoms with van der Waals surface area (Å²) in [5.41, 5.74) is -0.324. The van der Waals surface area contributed by atoms with E-state index in [4.69, 9.17) is 14.7 Å². The number of nitrogens with zero attached hydrogens (tertiary/aromatic N) is 5. The minimum Gasteiger partial charge on any atom is -0.411 e. The van der Waals surface area contributed by atoms with Gasteiger partial charge in [0, 0.05) is 36.0 Å². The Kier molecular flexibility index (Phi) is 8.07. The number of amides is 1. The second-order valence-corrected chi connectivity index (χ2v) is 10.4. The molecule has 1 aromatic carbocycles. The van der Waals surface area contributed by atoms with Crippen LogP contribution in [-0.4, -0.2) is 50.1 Å². The first-order valence-electron chi connectivity index (χ1n) is 12.4. The van der Waals surface area contributed by atoms with Crippen LogP contribution in [0.4, 0.5) is 26.3 Å². The highest BCUT2D eigenvalue weighted by Gasteiger charge is 2.42. The summed E-state index contributed by atoms with van der Waals surface area (Å²) in [4.78, 5) is 18.7. The van der Waals surface area contributed by atoms with Crippen LogP contribution in [-0.2, 0) is 46.4 Å². The van der Waals surface area contributed by atoms with Gasteiger partial charge in [0.15, 0.2) is 5.69 Å². The van der Waals surface area contributed by atoms with Gasteiger partial charge >= 0.3 is 12.4 Å². The Morgan fingerprint density at radius 1 is 1.12 bits per heavy atom. The molecule has 1 fully saturated rings. The summed E-state index contributed by atoms with van der Waals surface area (Å²) in [5, 5.41) is 17.6. The van der Waals surface area contributed by atoms with Crippen LogP contribution < -0.4 is 0 Å². The molecule has 1 amide bonds. The molecule has 1 N–H and O–H groups in total. The predicted octanol–water partition coefficient (Wildman–Crippen LogP) is 5.34. The number of piperidine rings is 1. The maximum Gasteiger partial charge on any atom is 0.435 e. The first-order valence-corrected chi connectivity index (χ1v) is 13.3. The zero-order chi connectivity index (χ0) is 29.4. The molecule has 0 spiro atoms. The molecule has 0 saturated carbocycles. The number of oxime groups is 1. The highest BCUT2D eigenvalue weighted by Crippen LogP contribution is 2.37. The molecule has 9 nitrogen and oxygen atoms in total. The predicted molar refractivity (Wildman–Crippen MR) is 131 cm³/mol. The van der Waals surface area contributed by atoms with Crippen LogP contribution in [0.2, 0.25) is 0 Å². The number of thiazole rings is 1. The van der Waals surface area contributed by atoms with Crippen LogP contribution in [0, 0.1) is 0 Å². The van der Waals surface area contributed by atoms with E-state index in [2.05, 4.69) is 15.2 Å². The van der Waals surface area contributed by atoms with Crippen molar-refractivity contribution in [3.63, 3.8) is 0 Å². The Labute approximate surface area is 233 Å². The molecule has 1 unspecified atom stereocenters. The number of likely N-dealkylation sites (tertiary alicyclic amines) is 1. The SMILES string of the molecule is O=C(Cn1nc(C(F)(F)F)cc1C(F)(F)F)N1CCC(c2nc(C3OCc4cccc(C=NO)c4CO3)cs2)CC1. The molecule has 1 atom stereocenters. The van der Waals surface area contributed by atoms with Crippen LogP contribution in [0.15, 0.2) is 34.8 Å². The molecule has 2 aliphatic heterocycles. The van der Waals surface area contributed by atoms with Crippen LogP contribution >= 0.6 is 11.3 Å². The molecule has 4 heterocycles. The van der Waals surface area contributed by atoms with E-state index in [0.717, 1.165) is 16.1 Å². The molecule has 0 aliphatic carbocycles. The van der Waals surface area contributed by atoms with Crippen molar-refractivity contribution in [3.05, 3.63) is 68.4 Å². The van der Waals surface area contributed by atoms with Gasteiger partial charge in [0.2, 0.25) is 12.2 Å². The van der Waals surface area contributed by atoms with E-state index in [1.165, 1.54) is 22.5 Å². The number of benzene rings is 1. The monoisotopic (exact) mass is 603 g/mol. The number of halogens is 6. The van der Waals surface area contributed by atoms with E-state index >= 15 is 0 Å². The number of carbonyl (C=O) groups excluding carboxylic acids is 1. The van der Waals surface area contributed by atoms with Crippen molar-refractivity contribution in [3.8, 4) is 0 Å². The third kappa shape index (κ3) is 6.38. The average Bonchev–Trinajstić information content (AvgIpc) is 3.53. The smallest absolute Gasteiger partial charge is 0.411 e. The van der Waals surface area contributed by atoms with Gasteiger partial charge in [0.25, 0.3) is 0 Å². The van der Waals surface area contributed by atoms with E-state index in [-0.39, 0.29) is 43.0 Å². The summed E-state index contributed by atoms with van der Waals surface area (Å²) in [6, 6.07) is 5.41. The van der Waals surface area contributed by atoms with Crippen molar-refractivity contribution >= 4 is 23.5 Å². The maximum absolute atomic E-state index is 13.3. The van der Waals surface area contributed by atoms with E-state index in [1.807, 2.05) is 17.5 Å². The highest BCUT2D eigenvalue weighted by atomic mass is 32.1. The van der Waals surface area contributed by atoms with Gasteiger partial charge in [0.1, 0.15) is 17.9 Å². The molecule has 0 radical (unpaired) electrons. The number of fused-ring (bicyclic) bond motifs is 1. The quantitative estimate of drug-likeness (QED) is 0.183. The third-order valence-electron chi connectivity index (χ3n) is 6.90. The lowest BCUT2D eigenvalue weighted by Gasteiger charge is -2.31. The zero-order valence-corrected chi connectivity index (χ0v) is 22.0. The lowest BCUT2D eigenvalue weighted by atomic mass is 9.97. The highest BCUT2D eigenvalue weighted by molar-refractivity contribution is 7.09. The molecular weight excluding hydrogens is 580 g/mol. The normalized spacial score (nSPS) is 19.0. The standard InChI is InChI=1S/C25H23F6N5O4S/c26-24(27,28)19-8-20(25(29,30)31)36(34-19)10-21(37)35-6-4-14(5-7-35)22-33-18(13-41-22)23-39-11-16-3-1-2-15(9-32-38)17(16)12-40-23/h1-3,8-9,13-14,23,38H,4-7,10-12H2. The number of alkyl halides is 6. The van der Waals surface area contributed by atoms with E-state index in [9.17, 15) is 31.1 Å². The Morgan fingerprint density at radius 3 is 2.54 bits per heavy atom. The first kappa shape index (κ1) is 29.0. The van der Waals surface area contributed by atoms with Gasteiger partial charge in [0.05, 0.1) is 24.4 Å². The maximum atomic E-state index is 13.3. The van der Waals surface area contributed by atoms with Crippen LogP contribution in [0.5, 0.6) is 0 Å². The number of ether oxygens (including phenoxy) is 2. The lowest BCUT2D eigenvalue weighted by molar-refractivity contribution is -0.155. The van der Waals surface area contributed by atoms with Crippen molar-refractivity contribution in [2.24, 2.45) is 5.16 Å². The van der Waals surface area contributed by atoms with Gasteiger partial charge in [-0.25, -0.2) is 4.98 Å². The Balaban J connectivity index is 1.19. The summed E-state index contributed by atoms with van der Waals surface area (Å²) in [5.74, 6) is -0.781. The molecule has 3 aromatic rings. The number of hydrogen-bond acceptors (Lipinski definition) is 8. The summed E-state index contributed by atoms with van der Waals surface area (Å²) < 4.78 is 90.5. The molecular formula is C25H23F6N5O4S. The average molecular weight is 604 g/mol. The van der Waals surface area contributed by atoms with Gasteiger partial charge in [-0.3, -0.25) is 9.48 Å². The molecule has 2 aliphatic rings. The molecule has 220 valence electrons. The summed E-state index contributed by atoms with van der Waals surface area (Å²) in [7, 11) is 0. The fourth-order valence-electron chi connectivity index (χ4n) is 4.80. The van der Waals surface area contributed by atoms with Crippen LogP contribution in [0.25, 0.3) is 0 Å². The summed E-state index contributed by atoms with van der Waals surface area (Å²) >= 11 is 1.40. The van der Waals surface area contributed by atoms with Crippen LogP contribution in [0.1, 0.15) is 63.8 Å². The van der Waals surface area contributed by atoms with Crippen molar-refractivity contribution in [2.75, 3.05) is 13.1 Å². The zero-order valence-electron chi connectivity index (χ0n) is 21.2. The number of hydrogen-bond donors (Lipinski definition) is 1. The molecule has 41 heavy (non-hydrogen) atoms. The number of carbonyl (C=O) groups is 1. The van der Waals surface area contributed by atoms with Crippen molar-refractivity contribution in [1.82, 2.24) is 19.7 Å². The summed E-state index contributed by atoms with van der Waals surface area (Å²) in [6.45, 7) is -0.0760. The molecule has 5 rings (SSSR count). The van der Waals surface area contributed by atoms with Crippen molar-refractivity contribution in [2.45, 2.75) is 57.2 Å². The number of aromatic nitrogens is 3. The molecule has 2 aromatic heterocycles. The van der Waals surface area contributed by atoms with Gasteiger partial charge in [-0.1, -0.05) is 23.4 Å². The third-order valence-corrected chi connectivity index (χ3v) is 7.92. The van der Waals surface area contributed by atoms with E-state index in [0.29, 0.717) is 24.1 Å². The number of rotatable bonds is 5. The summed E-state index contributed by atoms with van der Waals surface area (Å²) in [6.07, 6.45) is -8.64. The molecule has 0 bridgehead atoms. The van der Waals surface area contributed by atoms with Gasteiger partial charge in [-0.05, 0) is 24.0 Å². The molecule has 1 saturated heterocycles. The fourth-order valence-corrected chi connectivity index (χ4v) is 5.79. The second-order valence-electron chi connectivity index (χ2n) is 9.52. The first-order chi connectivity index (χ1) is 19.4. The Bertz CT molecular complexity index is 1430. The van der Waals surface area contributed by atoms with Crippen molar-refractivity contribution in [1.29, 1.82) is 0 Å². The molecule has 16 heteroatoms. The van der Waals surface area contributed by atoms with E-state index in [1.54, 1.807) is 6.07 Å².